The lowest BCUT2D eigenvalue weighted by molar-refractivity contribution is 0.0980. The van der Waals surface area contributed by atoms with Crippen LogP contribution in [0, 0.1) is 5.41 Å². The molecule has 0 bridgehead atoms. The molecule has 5 N–H and O–H groups in total. The van der Waals surface area contributed by atoms with E-state index < -0.39 is 10.1 Å². The van der Waals surface area contributed by atoms with Gasteiger partial charge in [-0.15, -0.1) is 11.3 Å². The van der Waals surface area contributed by atoms with Crippen molar-refractivity contribution >= 4 is 55.0 Å². The molecule has 0 fully saturated rings. The van der Waals surface area contributed by atoms with Gasteiger partial charge in [0, 0.05) is 15.1 Å². The number of guanidine groups is 1. The highest BCUT2D eigenvalue weighted by Gasteiger charge is 2.11. The van der Waals surface area contributed by atoms with E-state index in [9.17, 15) is 13.2 Å². The number of rotatable bonds is 1. The molecule has 114 valence electrons. The molecule has 21 heavy (non-hydrogen) atoms. The maximum absolute atomic E-state index is 11.6. The van der Waals surface area contributed by atoms with Gasteiger partial charge in [-0.05, 0) is 18.2 Å². The molecule has 0 aliphatic carbocycles. The molecule has 1 aromatic heterocycles. The molecular formula is C11H12ClN3O4S2. The number of fused-ring (bicyclic) bond motifs is 1. The third-order valence-electron chi connectivity index (χ3n) is 1.98. The zero-order valence-electron chi connectivity index (χ0n) is 10.8. The number of hydrogen-bond donors (Lipinski definition) is 4. The fraction of sp³-hybridized carbons (Fsp3) is 0.0909. The van der Waals surface area contributed by atoms with E-state index in [1.165, 1.54) is 11.3 Å². The average molecular weight is 350 g/mol. The summed E-state index contributed by atoms with van der Waals surface area (Å²) in [5.41, 5.74) is 5.08. The SMILES string of the molecule is CS(=O)(=O)O.N=C(N)NC(=O)c1cc2c(Cl)cccc2s1. The molecule has 0 aliphatic rings. The van der Waals surface area contributed by atoms with Crippen molar-refractivity contribution in [3.63, 3.8) is 0 Å². The summed E-state index contributed by atoms with van der Waals surface area (Å²) in [7, 11) is -3.67. The topological polar surface area (TPSA) is 133 Å². The van der Waals surface area contributed by atoms with Gasteiger partial charge in [0.1, 0.15) is 0 Å². The second-order valence-corrected chi connectivity index (χ2v) is 6.82. The van der Waals surface area contributed by atoms with Gasteiger partial charge in [0.05, 0.1) is 11.1 Å². The van der Waals surface area contributed by atoms with Crippen molar-refractivity contribution in [1.82, 2.24) is 5.32 Å². The summed E-state index contributed by atoms with van der Waals surface area (Å²) in [5.74, 6) is -0.752. The van der Waals surface area contributed by atoms with Crippen LogP contribution in [0.1, 0.15) is 9.67 Å². The summed E-state index contributed by atoms with van der Waals surface area (Å²) in [6.07, 6.45) is 0.715. The third-order valence-corrected chi connectivity index (χ3v) is 3.41. The normalized spacial score (nSPS) is 10.6. The van der Waals surface area contributed by atoms with E-state index in [1.54, 1.807) is 12.1 Å². The molecule has 2 rings (SSSR count). The van der Waals surface area contributed by atoms with Crippen LogP contribution in [0.15, 0.2) is 24.3 Å². The number of carbonyl (C=O) groups excluding carboxylic acids is 1. The summed E-state index contributed by atoms with van der Waals surface area (Å²) in [6, 6.07) is 7.17. The van der Waals surface area contributed by atoms with Gasteiger partial charge in [-0.25, -0.2) is 0 Å². The van der Waals surface area contributed by atoms with E-state index in [1.807, 2.05) is 12.1 Å². The number of carbonyl (C=O) groups is 1. The molecule has 1 aromatic carbocycles. The molecule has 0 unspecified atom stereocenters. The van der Waals surface area contributed by atoms with Crippen LogP contribution < -0.4 is 11.1 Å². The highest BCUT2D eigenvalue weighted by molar-refractivity contribution is 7.85. The van der Waals surface area contributed by atoms with E-state index in [4.69, 9.17) is 27.3 Å². The van der Waals surface area contributed by atoms with E-state index >= 15 is 0 Å². The standard InChI is InChI=1S/C10H8ClN3OS.CH4O3S/c11-6-2-1-3-7-5(6)4-8(16-7)9(15)14-10(12)13;1-5(2,3)4/h1-4H,(H4,12,13,14,15);1H3,(H,2,3,4). The van der Waals surface area contributed by atoms with Gasteiger partial charge in [0.15, 0.2) is 5.96 Å². The van der Waals surface area contributed by atoms with Gasteiger partial charge in [-0.2, -0.15) is 8.42 Å². The number of hydrogen-bond acceptors (Lipinski definition) is 5. The Bertz CT molecular complexity index is 778. The highest BCUT2D eigenvalue weighted by Crippen LogP contribution is 2.30. The van der Waals surface area contributed by atoms with E-state index in [0.717, 1.165) is 10.1 Å². The summed E-state index contributed by atoms with van der Waals surface area (Å²) < 4.78 is 26.8. The molecule has 0 spiro atoms. The Morgan fingerprint density at radius 3 is 2.52 bits per heavy atom. The summed E-state index contributed by atoms with van der Waals surface area (Å²) in [5, 5.41) is 10.6. The van der Waals surface area contributed by atoms with Crippen LogP contribution in [-0.2, 0) is 10.1 Å². The molecule has 1 amide bonds. The highest BCUT2D eigenvalue weighted by atomic mass is 35.5. The number of nitrogens with two attached hydrogens (primary N) is 1. The van der Waals surface area contributed by atoms with E-state index in [0.29, 0.717) is 16.2 Å². The van der Waals surface area contributed by atoms with Gasteiger partial charge in [0.25, 0.3) is 16.0 Å². The molecule has 0 saturated heterocycles. The number of amides is 1. The number of nitrogens with one attached hydrogen (secondary N) is 2. The minimum atomic E-state index is -3.67. The fourth-order valence-electron chi connectivity index (χ4n) is 1.32. The lowest BCUT2D eigenvalue weighted by atomic mass is 10.2. The van der Waals surface area contributed by atoms with E-state index in [-0.39, 0.29) is 11.9 Å². The Hall–Kier alpha value is -1.68. The van der Waals surface area contributed by atoms with Crippen molar-refractivity contribution in [2.45, 2.75) is 0 Å². The Kier molecular flexibility index (Phi) is 5.67. The van der Waals surface area contributed by atoms with Gasteiger partial charge < -0.3 is 5.73 Å². The maximum Gasteiger partial charge on any atom is 0.268 e. The first-order valence-corrected chi connectivity index (χ1v) is 8.38. The Labute approximate surface area is 130 Å². The van der Waals surface area contributed by atoms with Gasteiger partial charge >= 0.3 is 0 Å². The number of benzene rings is 1. The first kappa shape index (κ1) is 17.4. The predicted octanol–water partition coefficient (Wildman–Crippen LogP) is 1.68. The van der Waals surface area contributed by atoms with Crippen LogP contribution in [0.25, 0.3) is 10.1 Å². The zero-order valence-corrected chi connectivity index (χ0v) is 13.1. The molecule has 0 saturated carbocycles. The van der Waals surface area contributed by atoms with E-state index in [2.05, 4.69) is 5.32 Å². The number of thiophene rings is 1. The first-order valence-electron chi connectivity index (χ1n) is 5.34. The zero-order chi connectivity index (χ0) is 16.2. The van der Waals surface area contributed by atoms with Crippen LogP contribution in [-0.4, -0.2) is 31.1 Å². The Balaban J connectivity index is 0.000000383. The Morgan fingerprint density at radius 2 is 2.05 bits per heavy atom. The smallest absolute Gasteiger partial charge is 0.268 e. The van der Waals surface area contributed by atoms with Crippen molar-refractivity contribution in [2.24, 2.45) is 5.73 Å². The molecule has 0 aliphatic heterocycles. The maximum atomic E-state index is 11.6. The molecule has 7 nitrogen and oxygen atoms in total. The summed E-state index contributed by atoms with van der Waals surface area (Å²) in [6.45, 7) is 0. The first-order chi connectivity index (χ1) is 9.58. The largest absolute Gasteiger partial charge is 0.370 e. The second-order valence-electron chi connectivity index (χ2n) is 3.86. The molecule has 1 heterocycles. The van der Waals surface area contributed by atoms with Crippen molar-refractivity contribution in [1.29, 1.82) is 5.41 Å². The second kappa shape index (κ2) is 6.85. The van der Waals surface area contributed by atoms with Crippen molar-refractivity contribution in [2.75, 3.05) is 6.26 Å². The monoisotopic (exact) mass is 349 g/mol. The lowest BCUT2D eigenvalue weighted by Gasteiger charge is -1.97. The summed E-state index contributed by atoms with van der Waals surface area (Å²) in [4.78, 5) is 12.1. The third kappa shape index (κ3) is 6.08. The quantitative estimate of drug-likeness (QED) is 0.353. The molecular weight excluding hydrogens is 338 g/mol. The van der Waals surface area contributed by atoms with Crippen LogP contribution in [0.2, 0.25) is 5.02 Å². The summed E-state index contributed by atoms with van der Waals surface area (Å²) >= 11 is 7.30. The Morgan fingerprint density at radius 1 is 1.48 bits per heavy atom. The van der Waals surface area contributed by atoms with Crippen LogP contribution in [0.3, 0.4) is 0 Å². The van der Waals surface area contributed by atoms with Crippen LogP contribution in [0.4, 0.5) is 0 Å². The minimum absolute atomic E-state index is 0.367. The van der Waals surface area contributed by atoms with Gasteiger partial charge in [0.2, 0.25) is 0 Å². The van der Waals surface area contributed by atoms with Crippen LogP contribution >= 0.6 is 22.9 Å². The predicted molar refractivity (Wildman–Crippen MR) is 83.7 cm³/mol. The minimum Gasteiger partial charge on any atom is -0.370 e. The van der Waals surface area contributed by atoms with Crippen molar-refractivity contribution in [3.05, 3.63) is 34.2 Å². The fourth-order valence-corrected chi connectivity index (χ4v) is 2.59. The lowest BCUT2D eigenvalue weighted by Crippen LogP contribution is -2.35. The average Bonchev–Trinajstić information content (AvgIpc) is 2.71. The molecule has 0 atom stereocenters. The molecule has 10 heteroatoms. The van der Waals surface area contributed by atoms with Crippen molar-refractivity contribution in [3.8, 4) is 0 Å². The van der Waals surface area contributed by atoms with Crippen molar-refractivity contribution < 1.29 is 17.8 Å². The molecule has 2 aromatic rings. The molecule has 0 radical (unpaired) electrons. The van der Waals surface area contributed by atoms with Gasteiger partial charge in [-0.1, -0.05) is 17.7 Å². The van der Waals surface area contributed by atoms with Crippen LogP contribution in [0.5, 0.6) is 0 Å². The van der Waals surface area contributed by atoms with Gasteiger partial charge in [-0.3, -0.25) is 20.1 Å². The number of halogens is 1.